The highest BCUT2D eigenvalue weighted by atomic mass is 16.3. The van der Waals surface area contributed by atoms with Gasteiger partial charge in [-0.1, -0.05) is 0 Å². The minimum Gasteiger partial charge on any atom is -0.504 e. The van der Waals surface area contributed by atoms with Crippen LogP contribution >= 0.6 is 0 Å². The van der Waals surface area contributed by atoms with Gasteiger partial charge in [-0.3, -0.25) is 9.59 Å². The lowest BCUT2D eigenvalue weighted by molar-refractivity contribution is 0.0938. The molecule has 8 heteroatoms. The fraction of sp³-hybridized carbons (Fsp3) is 0.304. The van der Waals surface area contributed by atoms with E-state index in [2.05, 4.69) is 17.3 Å². The predicted molar refractivity (Wildman–Crippen MR) is 114 cm³/mol. The quantitative estimate of drug-likeness (QED) is 0.367. The summed E-state index contributed by atoms with van der Waals surface area (Å²) in [5.41, 5.74) is 0.866. The molecule has 1 fully saturated rings. The van der Waals surface area contributed by atoms with Crippen molar-refractivity contribution >= 4 is 22.7 Å². The van der Waals surface area contributed by atoms with E-state index in [9.17, 15) is 24.9 Å². The van der Waals surface area contributed by atoms with Crippen LogP contribution in [-0.2, 0) is 0 Å². The van der Waals surface area contributed by atoms with Gasteiger partial charge in [0, 0.05) is 23.1 Å². The third kappa shape index (κ3) is 4.34. The number of carbonyl (C=O) groups is 2. The molecule has 8 nitrogen and oxygen atoms in total. The molecule has 3 aromatic rings. The van der Waals surface area contributed by atoms with Crippen LogP contribution in [0.5, 0.6) is 17.2 Å². The van der Waals surface area contributed by atoms with E-state index in [4.69, 9.17) is 4.42 Å². The number of rotatable bonds is 5. The van der Waals surface area contributed by atoms with Crippen LogP contribution in [0.15, 0.2) is 40.8 Å². The molecule has 0 bridgehead atoms. The van der Waals surface area contributed by atoms with Crippen LogP contribution in [-0.4, -0.2) is 58.6 Å². The Labute approximate surface area is 178 Å². The van der Waals surface area contributed by atoms with Gasteiger partial charge < -0.3 is 30.0 Å². The average molecular weight is 424 g/mol. The lowest BCUT2D eigenvalue weighted by Crippen LogP contribution is -2.36. The van der Waals surface area contributed by atoms with E-state index in [0.29, 0.717) is 29.0 Å². The highest BCUT2D eigenvalue weighted by Crippen LogP contribution is 2.36. The SMILES string of the molecule is CN1CCC(CNC(=O)c2ccc3oc(C(=O)c4cc(O)c(O)c(O)c4)cc3c2)CC1. The van der Waals surface area contributed by atoms with Crippen molar-refractivity contribution in [1.82, 2.24) is 10.2 Å². The summed E-state index contributed by atoms with van der Waals surface area (Å²) in [4.78, 5) is 27.5. The summed E-state index contributed by atoms with van der Waals surface area (Å²) in [6.45, 7) is 2.71. The molecule has 0 unspecified atom stereocenters. The van der Waals surface area contributed by atoms with E-state index < -0.39 is 23.0 Å². The zero-order chi connectivity index (χ0) is 22.1. The van der Waals surface area contributed by atoms with Crippen LogP contribution in [0.25, 0.3) is 11.0 Å². The van der Waals surface area contributed by atoms with E-state index in [1.165, 1.54) is 6.07 Å². The second-order valence-electron chi connectivity index (χ2n) is 8.01. The maximum atomic E-state index is 12.7. The number of amides is 1. The molecule has 4 rings (SSSR count). The molecular weight excluding hydrogens is 400 g/mol. The Morgan fingerprint density at radius 3 is 2.39 bits per heavy atom. The number of piperidine rings is 1. The van der Waals surface area contributed by atoms with Gasteiger partial charge in [-0.2, -0.15) is 0 Å². The number of nitrogens with one attached hydrogen (secondary N) is 1. The molecule has 0 aliphatic carbocycles. The second kappa shape index (κ2) is 8.31. The zero-order valence-electron chi connectivity index (χ0n) is 17.1. The minimum absolute atomic E-state index is 0.0108. The summed E-state index contributed by atoms with van der Waals surface area (Å²) in [6.07, 6.45) is 2.12. The van der Waals surface area contributed by atoms with E-state index in [1.807, 2.05) is 0 Å². The van der Waals surface area contributed by atoms with Crippen LogP contribution in [0.2, 0.25) is 0 Å². The van der Waals surface area contributed by atoms with Crippen molar-refractivity contribution in [2.75, 3.05) is 26.7 Å². The standard InChI is InChI=1S/C23H24N2O6/c1-25-6-4-13(5-7-25)12-24-23(30)14-2-3-19-15(8-14)11-20(31-19)21(28)16-9-17(26)22(29)18(27)10-16/h2-3,8-11,13,26-27,29H,4-7,12H2,1H3,(H,24,30). The number of phenols is 3. The maximum Gasteiger partial charge on any atom is 0.251 e. The van der Waals surface area contributed by atoms with Gasteiger partial charge in [0.25, 0.3) is 5.91 Å². The number of carbonyl (C=O) groups excluding carboxylic acids is 2. The van der Waals surface area contributed by atoms with Crippen molar-refractivity contribution in [1.29, 1.82) is 0 Å². The van der Waals surface area contributed by atoms with Crippen LogP contribution in [0.3, 0.4) is 0 Å². The highest BCUT2D eigenvalue weighted by molar-refractivity contribution is 6.10. The predicted octanol–water partition coefficient (Wildman–Crippen LogP) is 2.85. The van der Waals surface area contributed by atoms with Crippen molar-refractivity contribution in [3.8, 4) is 17.2 Å². The Morgan fingerprint density at radius 1 is 1.03 bits per heavy atom. The number of hydrogen-bond donors (Lipinski definition) is 4. The lowest BCUT2D eigenvalue weighted by Gasteiger charge is -2.28. The fourth-order valence-corrected chi connectivity index (χ4v) is 3.78. The van der Waals surface area contributed by atoms with Gasteiger partial charge in [0.1, 0.15) is 5.58 Å². The van der Waals surface area contributed by atoms with Gasteiger partial charge in [0.2, 0.25) is 5.78 Å². The molecule has 1 aliphatic rings. The van der Waals surface area contributed by atoms with E-state index in [1.54, 1.807) is 18.2 Å². The molecule has 1 aliphatic heterocycles. The first-order chi connectivity index (χ1) is 14.8. The molecule has 2 aromatic carbocycles. The van der Waals surface area contributed by atoms with Gasteiger partial charge in [-0.15, -0.1) is 0 Å². The first-order valence-electron chi connectivity index (χ1n) is 10.1. The molecular formula is C23H24N2O6. The van der Waals surface area contributed by atoms with Crippen molar-refractivity contribution < 1.29 is 29.3 Å². The Bertz CT molecular complexity index is 1120. The van der Waals surface area contributed by atoms with Crippen molar-refractivity contribution in [2.24, 2.45) is 5.92 Å². The van der Waals surface area contributed by atoms with Gasteiger partial charge >= 0.3 is 0 Å². The highest BCUT2D eigenvalue weighted by Gasteiger charge is 2.20. The molecule has 1 saturated heterocycles. The smallest absolute Gasteiger partial charge is 0.251 e. The largest absolute Gasteiger partial charge is 0.504 e. The average Bonchev–Trinajstić information content (AvgIpc) is 3.19. The zero-order valence-corrected chi connectivity index (χ0v) is 17.1. The molecule has 162 valence electrons. The van der Waals surface area contributed by atoms with E-state index in [0.717, 1.165) is 38.1 Å². The number of aromatic hydroxyl groups is 3. The van der Waals surface area contributed by atoms with Crippen LogP contribution in [0.4, 0.5) is 0 Å². The topological polar surface area (TPSA) is 123 Å². The molecule has 31 heavy (non-hydrogen) atoms. The van der Waals surface area contributed by atoms with E-state index in [-0.39, 0.29) is 17.2 Å². The third-order valence-corrected chi connectivity index (χ3v) is 5.72. The van der Waals surface area contributed by atoms with Gasteiger partial charge in [0.15, 0.2) is 23.0 Å². The Morgan fingerprint density at radius 2 is 1.71 bits per heavy atom. The van der Waals surface area contributed by atoms with Gasteiger partial charge in [0.05, 0.1) is 0 Å². The number of fused-ring (bicyclic) bond motifs is 1. The minimum atomic E-state index is -0.697. The molecule has 0 saturated carbocycles. The summed E-state index contributed by atoms with van der Waals surface area (Å²) in [7, 11) is 2.10. The Balaban J connectivity index is 1.49. The van der Waals surface area contributed by atoms with Crippen LogP contribution in [0, 0.1) is 5.92 Å². The summed E-state index contributed by atoms with van der Waals surface area (Å²) >= 11 is 0. The molecule has 0 radical (unpaired) electrons. The number of ketones is 1. The molecule has 0 spiro atoms. The molecule has 0 atom stereocenters. The summed E-state index contributed by atoms with van der Waals surface area (Å²) in [5.74, 6) is -2.20. The Hall–Kier alpha value is -3.52. The fourth-order valence-electron chi connectivity index (χ4n) is 3.78. The number of phenolic OH excluding ortho intramolecular Hbond substituents is 3. The van der Waals surface area contributed by atoms with E-state index >= 15 is 0 Å². The van der Waals surface area contributed by atoms with Gasteiger partial charge in [-0.25, -0.2) is 0 Å². The third-order valence-electron chi connectivity index (χ3n) is 5.72. The number of furan rings is 1. The summed E-state index contributed by atoms with van der Waals surface area (Å²) in [6, 6.07) is 8.53. The number of hydrogen-bond acceptors (Lipinski definition) is 7. The number of nitrogens with zero attached hydrogens (tertiary/aromatic N) is 1. The van der Waals surface area contributed by atoms with Crippen LogP contribution in [0.1, 0.15) is 39.3 Å². The van der Waals surface area contributed by atoms with Crippen molar-refractivity contribution in [2.45, 2.75) is 12.8 Å². The lowest BCUT2D eigenvalue weighted by atomic mass is 9.97. The first kappa shape index (κ1) is 20.7. The first-order valence-corrected chi connectivity index (χ1v) is 10.1. The molecule has 1 amide bonds. The number of likely N-dealkylation sites (tertiary alicyclic amines) is 1. The maximum absolute atomic E-state index is 12.7. The summed E-state index contributed by atoms with van der Waals surface area (Å²) in [5, 5.41) is 32.3. The van der Waals surface area contributed by atoms with Crippen LogP contribution < -0.4 is 5.32 Å². The molecule has 4 N–H and O–H groups in total. The Kier molecular flexibility index (Phi) is 5.56. The van der Waals surface area contributed by atoms with Crippen molar-refractivity contribution in [3.63, 3.8) is 0 Å². The summed E-state index contributed by atoms with van der Waals surface area (Å²) < 4.78 is 5.58. The number of benzene rings is 2. The molecule has 1 aromatic heterocycles. The second-order valence-corrected chi connectivity index (χ2v) is 8.01. The normalized spacial score (nSPS) is 15.3. The molecule has 2 heterocycles. The monoisotopic (exact) mass is 424 g/mol. The van der Waals surface area contributed by atoms with Crippen molar-refractivity contribution in [3.05, 3.63) is 53.3 Å². The van der Waals surface area contributed by atoms with Gasteiger partial charge in [-0.05, 0) is 75.3 Å².